The molecule has 0 bridgehead atoms. The Labute approximate surface area is 193 Å². The van der Waals surface area contributed by atoms with Gasteiger partial charge in [-0.3, -0.25) is 14.9 Å². The molecule has 1 aliphatic heterocycles. The molecule has 4 amide bonds. The normalized spacial score (nSPS) is 15.7. The zero-order valence-corrected chi connectivity index (χ0v) is 19.2. The van der Waals surface area contributed by atoms with Crippen molar-refractivity contribution in [2.75, 3.05) is 11.5 Å². The number of carbonyl (C=O) groups is 4. The molecule has 9 heteroatoms. The molecule has 0 spiro atoms. The Kier molecular flexibility index (Phi) is 6.50. The number of anilines is 1. The van der Waals surface area contributed by atoms with E-state index in [1.165, 1.54) is 12.1 Å². The summed E-state index contributed by atoms with van der Waals surface area (Å²) in [7, 11) is 0. The molecule has 166 valence electrons. The highest BCUT2D eigenvalue weighted by atomic mass is 79.9. The van der Waals surface area contributed by atoms with Gasteiger partial charge in [0.1, 0.15) is 11.3 Å². The summed E-state index contributed by atoms with van der Waals surface area (Å²) in [5.41, 5.74) is 1.55. The van der Waals surface area contributed by atoms with E-state index in [0.29, 0.717) is 21.5 Å². The lowest BCUT2D eigenvalue weighted by Crippen LogP contribution is -2.54. The maximum absolute atomic E-state index is 13.0. The number of nitrogens with one attached hydrogen (secondary N) is 1. The quantitative estimate of drug-likeness (QED) is 0.475. The number of imide groups is 2. The summed E-state index contributed by atoms with van der Waals surface area (Å²) in [5.74, 6) is -2.37. The van der Waals surface area contributed by atoms with Crippen molar-refractivity contribution in [3.05, 3.63) is 63.6 Å². The molecule has 0 saturated carbocycles. The van der Waals surface area contributed by atoms with Crippen LogP contribution in [0.4, 0.5) is 10.5 Å². The lowest BCUT2D eigenvalue weighted by Gasteiger charge is -2.27. The van der Waals surface area contributed by atoms with Crippen LogP contribution in [0.5, 0.6) is 5.75 Å². The highest BCUT2D eigenvalue weighted by Crippen LogP contribution is 2.29. The van der Waals surface area contributed by atoms with Gasteiger partial charge in [-0.05, 0) is 62.8 Å². The summed E-state index contributed by atoms with van der Waals surface area (Å²) in [6.07, 6.45) is 1.35. The van der Waals surface area contributed by atoms with E-state index in [-0.39, 0.29) is 11.0 Å². The van der Waals surface area contributed by atoms with Crippen molar-refractivity contribution in [2.45, 2.75) is 26.2 Å². The molecule has 1 saturated heterocycles. The monoisotopic (exact) mass is 500 g/mol. The predicted octanol–water partition coefficient (Wildman–Crippen LogP) is 3.88. The first kappa shape index (κ1) is 23.2. The van der Waals surface area contributed by atoms with Crippen molar-refractivity contribution in [3.8, 4) is 5.75 Å². The highest BCUT2D eigenvalue weighted by molar-refractivity contribution is 9.10. The zero-order valence-electron chi connectivity index (χ0n) is 17.6. The number of ether oxygens (including phenoxy) is 1. The standard InChI is InChI=1S/C23H21BrN2O6/c1-23(2,3)14-5-7-15(8-6-14)26-21(30)16(20(29)25-22(26)31)10-13-4-9-18(17(24)11-13)32-12-19(27)28/h4-11H,12H2,1-3H3,(H,27,28)(H,25,29,31). The van der Waals surface area contributed by atoms with Crippen molar-refractivity contribution in [3.63, 3.8) is 0 Å². The molecule has 2 aromatic rings. The number of aliphatic carboxylic acids is 1. The Morgan fingerprint density at radius 1 is 1.12 bits per heavy atom. The molecule has 2 aromatic carbocycles. The number of halogens is 1. The molecular weight excluding hydrogens is 480 g/mol. The van der Waals surface area contributed by atoms with Crippen LogP contribution in [0, 0.1) is 0 Å². The minimum Gasteiger partial charge on any atom is -0.481 e. The van der Waals surface area contributed by atoms with Gasteiger partial charge in [-0.25, -0.2) is 14.5 Å². The number of nitrogens with zero attached hydrogens (tertiary/aromatic N) is 1. The molecule has 32 heavy (non-hydrogen) atoms. The second kappa shape index (κ2) is 8.96. The predicted molar refractivity (Wildman–Crippen MR) is 121 cm³/mol. The molecular formula is C23H21BrN2O6. The van der Waals surface area contributed by atoms with Crippen molar-refractivity contribution < 1.29 is 29.0 Å². The van der Waals surface area contributed by atoms with Crippen LogP contribution in [-0.4, -0.2) is 35.5 Å². The molecule has 0 radical (unpaired) electrons. The molecule has 3 rings (SSSR count). The highest BCUT2D eigenvalue weighted by Gasteiger charge is 2.37. The second-order valence-electron chi connectivity index (χ2n) is 8.13. The largest absolute Gasteiger partial charge is 0.481 e. The number of rotatable bonds is 5. The molecule has 1 aliphatic rings. The minimum absolute atomic E-state index is 0.0958. The van der Waals surface area contributed by atoms with Crippen LogP contribution < -0.4 is 15.0 Å². The fourth-order valence-corrected chi connectivity index (χ4v) is 3.54. The van der Waals surface area contributed by atoms with Gasteiger partial charge >= 0.3 is 12.0 Å². The maximum Gasteiger partial charge on any atom is 0.341 e. The molecule has 0 atom stereocenters. The first-order valence-corrected chi connectivity index (χ1v) is 10.4. The van der Waals surface area contributed by atoms with E-state index in [1.54, 1.807) is 24.3 Å². The van der Waals surface area contributed by atoms with E-state index < -0.39 is 30.4 Å². The van der Waals surface area contributed by atoms with Gasteiger partial charge in [0.15, 0.2) is 6.61 Å². The van der Waals surface area contributed by atoms with Gasteiger partial charge in [-0.1, -0.05) is 39.0 Å². The van der Waals surface area contributed by atoms with Gasteiger partial charge in [-0.2, -0.15) is 0 Å². The summed E-state index contributed by atoms with van der Waals surface area (Å²) < 4.78 is 5.59. The van der Waals surface area contributed by atoms with Crippen LogP contribution >= 0.6 is 15.9 Å². The van der Waals surface area contributed by atoms with Gasteiger partial charge in [-0.15, -0.1) is 0 Å². The minimum atomic E-state index is -1.12. The summed E-state index contributed by atoms with van der Waals surface area (Å²) in [6, 6.07) is 10.8. The first-order valence-electron chi connectivity index (χ1n) is 9.63. The fourth-order valence-electron chi connectivity index (χ4n) is 3.03. The number of carbonyl (C=O) groups excluding carboxylic acids is 3. The average molecular weight is 501 g/mol. The number of carboxylic acids is 1. The topological polar surface area (TPSA) is 113 Å². The lowest BCUT2D eigenvalue weighted by atomic mass is 9.87. The number of hydrogen-bond acceptors (Lipinski definition) is 5. The molecule has 1 fully saturated rings. The van der Waals surface area contributed by atoms with Crippen molar-refractivity contribution in [1.29, 1.82) is 0 Å². The SMILES string of the molecule is CC(C)(C)c1ccc(N2C(=O)NC(=O)C(=Cc3ccc(OCC(=O)O)c(Br)c3)C2=O)cc1. The molecule has 8 nitrogen and oxygen atoms in total. The van der Waals surface area contributed by atoms with E-state index >= 15 is 0 Å². The van der Waals surface area contributed by atoms with E-state index in [4.69, 9.17) is 9.84 Å². The smallest absolute Gasteiger partial charge is 0.341 e. The van der Waals surface area contributed by atoms with Gasteiger partial charge in [0, 0.05) is 0 Å². The van der Waals surface area contributed by atoms with Crippen LogP contribution in [0.15, 0.2) is 52.5 Å². The van der Waals surface area contributed by atoms with Gasteiger partial charge in [0.05, 0.1) is 10.2 Å². The van der Waals surface area contributed by atoms with Crippen molar-refractivity contribution in [2.24, 2.45) is 0 Å². The van der Waals surface area contributed by atoms with Crippen molar-refractivity contribution >= 4 is 51.5 Å². The zero-order chi connectivity index (χ0) is 23.6. The molecule has 0 aromatic heterocycles. The lowest BCUT2D eigenvalue weighted by molar-refractivity contribution is -0.139. The Bertz CT molecular complexity index is 1130. The molecule has 0 aliphatic carbocycles. The summed E-state index contributed by atoms with van der Waals surface area (Å²) >= 11 is 3.28. The Balaban J connectivity index is 1.90. The average Bonchev–Trinajstić information content (AvgIpc) is 2.70. The third kappa shape index (κ3) is 5.05. The van der Waals surface area contributed by atoms with Crippen LogP contribution in [0.1, 0.15) is 31.9 Å². The third-order valence-corrected chi connectivity index (χ3v) is 5.33. The summed E-state index contributed by atoms with van der Waals surface area (Å²) in [5, 5.41) is 10.9. The van der Waals surface area contributed by atoms with E-state index in [2.05, 4.69) is 42.0 Å². The van der Waals surface area contributed by atoms with Crippen LogP contribution in [0.2, 0.25) is 0 Å². The summed E-state index contributed by atoms with van der Waals surface area (Å²) in [4.78, 5) is 49.4. The molecule has 2 N–H and O–H groups in total. The molecule has 0 unspecified atom stereocenters. The first-order chi connectivity index (χ1) is 15.0. The van der Waals surface area contributed by atoms with Gasteiger partial charge in [0.25, 0.3) is 11.8 Å². The van der Waals surface area contributed by atoms with E-state index in [0.717, 1.165) is 10.5 Å². The Morgan fingerprint density at radius 3 is 2.34 bits per heavy atom. The number of benzene rings is 2. The van der Waals surface area contributed by atoms with Crippen LogP contribution in [0.25, 0.3) is 6.08 Å². The Morgan fingerprint density at radius 2 is 1.78 bits per heavy atom. The number of amides is 4. The van der Waals surface area contributed by atoms with Gasteiger partial charge < -0.3 is 9.84 Å². The second-order valence-corrected chi connectivity index (χ2v) is 8.98. The fraction of sp³-hybridized carbons (Fsp3) is 0.217. The third-order valence-electron chi connectivity index (χ3n) is 4.71. The van der Waals surface area contributed by atoms with E-state index in [1.807, 2.05) is 12.1 Å². The number of carboxylic acid groups (broad SMARTS) is 1. The van der Waals surface area contributed by atoms with Gasteiger partial charge in [0.2, 0.25) is 0 Å². The van der Waals surface area contributed by atoms with Crippen molar-refractivity contribution in [1.82, 2.24) is 5.32 Å². The van der Waals surface area contributed by atoms with Crippen LogP contribution in [0.3, 0.4) is 0 Å². The molecule has 1 heterocycles. The summed E-state index contributed by atoms with van der Waals surface area (Å²) in [6.45, 7) is 5.65. The number of hydrogen-bond donors (Lipinski definition) is 2. The maximum atomic E-state index is 13.0. The van der Waals surface area contributed by atoms with Crippen LogP contribution in [-0.2, 0) is 19.8 Å². The van der Waals surface area contributed by atoms with E-state index in [9.17, 15) is 19.2 Å². The number of barbiturate groups is 1. The number of urea groups is 1. The Hall–Kier alpha value is -3.46.